The van der Waals surface area contributed by atoms with E-state index in [1.54, 1.807) is 13.3 Å². The Morgan fingerprint density at radius 3 is 2.86 bits per heavy atom. The Morgan fingerprint density at radius 2 is 2.23 bits per heavy atom. The molecular formula is C15H30N6O. The number of nitrogens with one attached hydrogen (secondary N) is 2. The van der Waals surface area contributed by atoms with Crippen LogP contribution in [0.2, 0.25) is 0 Å². The number of nitrogens with zero attached hydrogens (tertiary/aromatic N) is 4. The number of guanidine groups is 1. The minimum atomic E-state index is 0.621. The molecular weight excluding hydrogens is 280 g/mol. The summed E-state index contributed by atoms with van der Waals surface area (Å²) in [5.41, 5.74) is 1.09. The zero-order valence-electron chi connectivity index (χ0n) is 14.3. The molecule has 22 heavy (non-hydrogen) atoms. The third-order valence-corrected chi connectivity index (χ3v) is 3.34. The second-order valence-corrected chi connectivity index (χ2v) is 5.22. The van der Waals surface area contributed by atoms with Gasteiger partial charge in [-0.25, -0.2) is 4.99 Å². The van der Waals surface area contributed by atoms with Crippen LogP contribution in [0.4, 0.5) is 0 Å². The van der Waals surface area contributed by atoms with Crippen molar-refractivity contribution in [2.75, 3.05) is 46.9 Å². The molecule has 126 valence electrons. The third kappa shape index (κ3) is 7.42. The van der Waals surface area contributed by atoms with Gasteiger partial charge in [0.25, 0.3) is 0 Å². The van der Waals surface area contributed by atoms with Crippen LogP contribution >= 0.6 is 0 Å². The Kier molecular flexibility index (Phi) is 9.25. The van der Waals surface area contributed by atoms with Crippen molar-refractivity contribution >= 4 is 5.96 Å². The van der Waals surface area contributed by atoms with E-state index in [2.05, 4.69) is 39.6 Å². The van der Waals surface area contributed by atoms with Crippen molar-refractivity contribution in [3.8, 4) is 0 Å². The van der Waals surface area contributed by atoms with Crippen LogP contribution in [0.1, 0.15) is 19.0 Å². The van der Waals surface area contributed by atoms with Gasteiger partial charge in [0, 0.05) is 53.1 Å². The Balaban J connectivity index is 2.32. The highest BCUT2D eigenvalue weighted by Crippen LogP contribution is 1.97. The van der Waals surface area contributed by atoms with Gasteiger partial charge in [-0.05, 0) is 26.5 Å². The van der Waals surface area contributed by atoms with Gasteiger partial charge in [-0.3, -0.25) is 4.68 Å². The second kappa shape index (κ2) is 11.0. The van der Waals surface area contributed by atoms with E-state index in [0.29, 0.717) is 6.54 Å². The molecule has 0 aliphatic rings. The van der Waals surface area contributed by atoms with E-state index in [9.17, 15) is 0 Å². The Bertz CT molecular complexity index is 431. The van der Waals surface area contributed by atoms with Gasteiger partial charge in [0.1, 0.15) is 0 Å². The van der Waals surface area contributed by atoms with Crippen LogP contribution in [0, 0.1) is 0 Å². The van der Waals surface area contributed by atoms with Gasteiger partial charge >= 0.3 is 0 Å². The zero-order valence-corrected chi connectivity index (χ0v) is 14.3. The largest absolute Gasteiger partial charge is 0.385 e. The molecule has 0 unspecified atom stereocenters. The van der Waals surface area contributed by atoms with Gasteiger partial charge in [0.05, 0.1) is 12.2 Å². The normalized spacial score (nSPS) is 12.0. The Morgan fingerprint density at radius 1 is 1.41 bits per heavy atom. The first kappa shape index (κ1) is 18.4. The number of likely N-dealkylation sites (N-methyl/N-ethyl adjacent to an activating group) is 1. The van der Waals surface area contributed by atoms with Crippen LogP contribution in [0.3, 0.4) is 0 Å². The molecule has 2 N–H and O–H groups in total. The molecule has 7 heteroatoms. The number of hydrogen-bond acceptors (Lipinski definition) is 4. The summed E-state index contributed by atoms with van der Waals surface area (Å²) in [4.78, 5) is 6.87. The molecule has 0 saturated carbocycles. The number of hydrogen-bond donors (Lipinski definition) is 2. The fourth-order valence-corrected chi connectivity index (χ4v) is 2.01. The van der Waals surface area contributed by atoms with Crippen molar-refractivity contribution in [1.82, 2.24) is 25.3 Å². The number of methoxy groups -OCH3 is 1. The first-order chi connectivity index (χ1) is 10.7. The summed E-state index contributed by atoms with van der Waals surface area (Å²) in [6, 6.07) is 1.98. The minimum absolute atomic E-state index is 0.621. The lowest BCUT2D eigenvalue weighted by atomic mass is 10.4. The van der Waals surface area contributed by atoms with Gasteiger partial charge in [-0.1, -0.05) is 0 Å². The maximum atomic E-state index is 5.07. The van der Waals surface area contributed by atoms with Crippen molar-refractivity contribution in [3.05, 3.63) is 18.0 Å². The summed E-state index contributed by atoms with van der Waals surface area (Å²) in [5.74, 6) is 0.842. The molecule has 0 fully saturated rings. The number of aromatic nitrogens is 2. The van der Waals surface area contributed by atoms with E-state index >= 15 is 0 Å². The van der Waals surface area contributed by atoms with Crippen molar-refractivity contribution < 1.29 is 4.74 Å². The number of aryl methyl sites for hydroxylation is 1. The van der Waals surface area contributed by atoms with Crippen molar-refractivity contribution in [1.29, 1.82) is 0 Å². The van der Waals surface area contributed by atoms with Crippen LogP contribution in [0.15, 0.2) is 17.3 Å². The molecule has 0 radical (unpaired) electrons. The fourth-order valence-electron chi connectivity index (χ4n) is 2.01. The molecule has 7 nitrogen and oxygen atoms in total. The lowest BCUT2D eigenvalue weighted by Gasteiger charge is -2.18. The first-order valence-electron chi connectivity index (χ1n) is 7.84. The highest BCUT2D eigenvalue weighted by molar-refractivity contribution is 5.79. The van der Waals surface area contributed by atoms with Gasteiger partial charge in [0.15, 0.2) is 5.96 Å². The van der Waals surface area contributed by atoms with Gasteiger partial charge < -0.3 is 20.3 Å². The van der Waals surface area contributed by atoms with Crippen LogP contribution < -0.4 is 10.6 Å². The molecule has 1 rings (SSSR count). The fraction of sp³-hybridized carbons (Fsp3) is 0.733. The molecule has 0 amide bonds. The third-order valence-electron chi connectivity index (χ3n) is 3.34. The van der Waals surface area contributed by atoms with E-state index in [-0.39, 0.29) is 0 Å². The molecule has 0 saturated heterocycles. The maximum Gasteiger partial charge on any atom is 0.191 e. The molecule has 0 spiro atoms. The van der Waals surface area contributed by atoms with Crippen molar-refractivity contribution in [3.63, 3.8) is 0 Å². The maximum absolute atomic E-state index is 5.07. The molecule has 0 aromatic carbocycles. The molecule has 0 atom stereocenters. The molecule has 1 aromatic rings. The van der Waals surface area contributed by atoms with E-state index in [1.165, 1.54) is 0 Å². The van der Waals surface area contributed by atoms with E-state index < -0.39 is 0 Å². The van der Waals surface area contributed by atoms with E-state index in [0.717, 1.165) is 50.9 Å². The molecule has 0 aliphatic heterocycles. The van der Waals surface area contributed by atoms with Crippen LogP contribution in [-0.2, 0) is 18.3 Å². The lowest BCUT2D eigenvalue weighted by molar-refractivity contribution is 0.180. The smallest absolute Gasteiger partial charge is 0.191 e. The van der Waals surface area contributed by atoms with E-state index in [1.807, 2.05) is 17.8 Å². The first-order valence-corrected chi connectivity index (χ1v) is 7.84. The highest BCUT2D eigenvalue weighted by atomic mass is 16.5. The second-order valence-electron chi connectivity index (χ2n) is 5.22. The quantitative estimate of drug-likeness (QED) is 0.373. The van der Waals surface area contributed by atoms with Crippen molar-refractivity contribution in [2.24, 2.45) is 12.0 Å². The summed E-state index contributed by atoms with van der Waals surface area (Å²) in [5, 5.41) is 10.8. The number of aliphatic imine (C=N–C) groups is 1. The van der Waals surface area contributed by atoms with Crippen LogP contribution in [0.5, 0.6) is 0 Å². The highest BCUT2D eigenvalue weighted by Gasteiger charge is 2.02. The molecule has 0 bridgehead atoms. The average Bonchev–Trinajstić information content (AvgIpc) is 2.90. The minimum Gasteiger partial charge on any atom is -0.385 e. The Hall–Kier alpha value is -1.60. The summed E-state index contributed by atoms with van der Waals surface area (Å²) >= 11 is 0. The lowest BCUT2D eigenvalue weighted by Crippen LogP contribution is -2.41. The predicted octanol–water partition coefficient (Wildman–Crippen LogP) is 0.444. The predicted molar refractivity (Wildman–Crippen MR) is 90.0 cm³/mol. The van der Waals surface area contributed by atoms with E-state index in [4.69, 9.17) is 4.74 Å². The average molecular weight is 310 g/mol. The molecule has 1 aromatic heterocycles. The SMILES string of the molecule is CCNC(=NCc1ccnn1C)NCCN(C)CCCOC. The summed E-state index contributed by atoms with van der Waals surface area (Å²) in [6.45, 7) is 7.22. The van der Waals surface area contributed by atoms with Gasteiger partial charge in [0.2, 0.25) is 0 Å². The standard InChI is InChI=1S/C15H30N6O/c1-5-16-15(18-13-14-7-8-19-21(14)3)17-9-11-20(2)10-6-12-22-4/h7-8H,5-6,9-13H2,1-4H3,(H2,16,17,18). The molecule has 1 heterocycles. The topological polar surface area (TPSA) is 66.7 Å². The van der Waals surface area contributed by atoms with Crippen molar-refractivity contribution in [2.45, 2.75) is 19.9 Å². The van der Waals surface area contributed by atoms with Crippen LogP contribution in [-0.4, -0.2) is 67.6 Å². The summed E-state index contributed by atoms with van der Waals surface area (Å²) in [7, 11) is 5.79. The van der Waals surface area contributed by atoms with Gasteiger partial charge in [-0.2, -0.15) is 5.10 Å². The van der Waals surface area contributed by atoms with Crippen LogP contribution in [0.25, 0.3) is 0 Å². The van der Waals surface area contributed by atoms with Gasteiger partial charge in [-0.15, -0.1) is 0 Å². The molecule has 0 aliphatic carbocycles. The summed E-state index contributed by atoms with van der Waals surface area (Å²) in [6.07, 6.45) is 2.85. The summed E-state index contributed by atoms with van der Waals surface area (Å²) < 4.78 is 6.91. The number of rotatable bonds is 10. The Labute approximate surface area is 133 Å². The zero-order chi connectivity index (χ0) is 16.2. The number of ether oxygens (including phenoxy) is 1. The monoisotopic (exact) mass is 310 g/mol.